The SMILES string of the molecule is CCC(CC)C(O)CNCCOC(C)(C)C. The molecule has 16 heavy (non-hydrogen) atoms. The third-order valence-electron chi connectivity index (χ3n) is 2.76. The van der Waals surface area contributed by atoms with Gasteiger partial charge in [-0.1, -0.05) is 26.7 Å². The number of hydrogen-bond donors (Lipinski definition) is 2. The maximum atomic E-state index is 9.86. The van der Waals surface area contributed by atoms with Crippen LogP contribution in [0.3, 0.4) is 0 Å². The Balaban J connectivity index is 3.51. The minimum atomic E-state index is -0.232. The van der Waals surface area contributed by atoms with E-state index in [1.807, 2.05) is 20.8 Å². The minimum absolute atomic E-state index is 0.0737. The van der Waals surface area contributed by atoms with Gasteiger partial charge in [-0.3, -0.25) is 0 Å². The molecule has 0 aliphatic heterocycles. The van der Waals surface area contributed by atoms with Crippen LogP contribution in [0.5, 0.6) is 0 Å². The Kier molecular flexibility index (Phi) is 7.98. The summed E-state index contributed by atoms with van der Waals surface area (Å²) in [5, 5.41) is 13.1. The van der Waals surface area contributed by atoms with E-state index in [-0.39, 0.29) is 11.7 Å². The fourth-order valence-electron chi connectivity index (χ4n) is 1.68. The zero-order chi connectivity index (χ0) is 12.6. The molecule has 3 nitrogen and oxygen atoms in total. The minimum Gasteiger partial charge on any atom is -0.392 e. The Hall–Kier alpha value is -0.120. The van der Waals surface area contributed by atoms with E-state index in [1.54, 1.807) is 0 Å². The molecule has 0 aliphatic carbocycles. The molecule has 0 fully saturated rings. The van der Waals surface area contributed by atoms with Crippen LogP contribution in [-0.2, 0) is 4.74 Å². The summed E-state index contributed by atoms with van der Waals surface area (Å²) in [4.78, 5) is 0. The lowest BCUT2D eigenvalue weighted by atomic mass is 9.97. The monoisotopic (exact) mass is 231 g/mol. The molecule has 0 rings (SSSR count). The molecule has 0 aromatic carbocycles. The van der Waals surface area contributed by atoms with Gasteiger partial charge in [0, 0.05) is 13.1 Å². The molecule has 0 bridgehead atoms. The van der Waals surface area contributed by atoms with Gasteiger partial charge in [-0.15, -0.1) is 0 Å². The molecule has 2 N–H and O–H groups in total. The Labute approximate surface area is 101 Å². The van der Waals surface area contributed by atoms with Gasteiger partial charge in [-0.2, -0.15) is 0 Å². The molecule has 0 amide bonds. The molecule has 0 radical (unpaired) electrons. The molecule has 0 heterocycles. The van der Waals surface area contributed by atoms with Crippen LogP contribution in [0.15, 0.2) is 0 Å². The molecule has 1 atom stereocenters. The van der Waals surface area contributed by atoms with Crippen molar-refractivity contribution >= 4 is 0 Å². The van der Waals surface area contributed by atoms with Crippen molar-refractivity contribution in [2.75, 3.05) is 19.7 Å². The maximum Gasteiger partial charge on any atom is 0.0692 e. The average Bonchev–Trinajstić information content (AvgIpc) is 2.17. The lowest BCUT2D eigenvalue weighted by Crippen LogP contribution is -2.35. The second-order valence-electron chi connectivity index (χ2n) is 5.31. The van der Waals surface area contributed by atoms with E-state index >= 15 is 0 Å². The molecule has 0 aromatic heterocycles. The van der Waals surface area contributed by atoms with Gasteiger partial charge >= 0.3 is 0 Å². The standard InChI is InChI=1S/C13H29NO2/c1-6-11(7-2)12(15)10-14-8-9-16-13(3,4)5/h11-12,14-15H,6-10H2,1-5H3. The van der Waals surface area contributed by atoms with Crippen LogP contribution in [-0.4, -0.2) is 36.5 Å². The molecule has 0 aromatic rings. The molecule has 0 saturated carbocycles. The van der Waals surface area contributed by atoms with Crippen molar-refractivity contribution in [3.8, 4) is 0 Å². The van der Waals surface area contributed by atoms with Crippen molar-refractivity contribution in [1.29, 1.82) is 0 Å². The van der Waals surface area contributed by atoms with E-state index in [4.69, 9.17) is 4.74 Å². The lowest BCUT2D eigenvalue weighted by Gasteiger charge is -2.22. The predicted octanol–water partition coefficient (Wildman–Crippen LogP) is 2.19. The second kappa shape index (κ2) is 8.04. The third kappa shape index (κ3) is 8.08. The van der Waals surface area contributed by atoms with Gasteiger partial charge in [0.1, 0.15) is 0 Å². The summed E-state index contributed by atoms with van der Waals surface area (Å²) in [7, 11) is 0. The van der Waals surface area contributed by atoms with Crippen LogP contribution in [0.1, 0.15) is 47.5 Å². The highest BCUT2D eigenvalue weighted by Crippen LogP contribution is 2.12. The fourth-order valence-corrected chi connectivity index (χ4v) is 1.68. The summed E-state index contributed by atoms with van der Waals surface area (Å²) in [6, 6.07) is 0. The summed E-state index contributed by atoms with van der Waals surface area (Å²) in [6.07, 6.45) is 1.85. The summed E-state index contributed by atoms with van der Waals surface area (Å²) in [5.41, 5.74) is -0.0737. The number of nitrogens with one attached hydrogen (secondary N) is 1. The van der Waals surface area contributed by atoms with Crippen molar-refractivity contribution in [2.45, 2.75) is 59.2 Å². The molecule has 0 spiro atoms. The van der Waals surface area contributed by atoms with E-state index in [9.17, 15) is 5.11 Å². The van der Waals surface area contributed by atoms with Crippen molar-refractivity contribution in [3.05, 3.63) is 0 Å². The zero-order valence-electron chi connectivity index (χ0n) is 11.5. The van der Waals surface area contributed by atoms with Gasteiger partial charge in [0.25, 0.3) is 0 Å². The van der Waals surface area contributed by atoms with Gasteiger partial charge in [-0.05, 0) is 26.7 Å². The lowest BCUT2D eigenvalue weighted by molar-refractivity contribution is -0.00224. The number of hydrogen-bond acceptors (Lipinski definition) is 3. The third-order valence-corrected chi connectivity index (χ3v) is 2.76. The first-order valence-electron chi connectivity index (χ1n) is 6.43. The van der Waals surface area contributed by atoms with Crippen molar-refractivity contribution in [2.24, 2.45) is 5.92 Å². The van der Waals surface area contributed by atoms with Gasteiger partial charge < -0.3 is 15.2 Å². The number of aliphatic hydroxyl groups excluding tert-OH is 1. The first kappa shape index (κ1) is 15.9. The molecular weight excluding hydrogens is 202 g/mol. The molecule has 3 heteroatoms. The largest absolute Gasteiger partial charge is 0.392 e. The maximum absolute atomic E-state index is 9.86. The van der Waals surface area contributed by atoms with Crippen molar-refractivity contribution in [1.82, 2.24) is 5.32 Å². The van der Waals surface area contributed by atoms with E-state index in [1.165, 1.54) is 0 Å². The van der Waals surface area contributed by atoms with E-state index < -0.39 is 0 Å². The van der Waals surface area contributed by atoms with Crippen LogP contribution in [0.2, 0.25) is 0 Å². The Morgan fingerprint density at radius 3 is 2.19 bits per heavy atom. The average molecular weight is 231 g/mol. The molecule has 0 saturated heterocycles. The highest BCUT2D eigenvalue weighted by atomic mass is 16.5. The first-order chi connectivity index (χ1) is 7.40. The summed E-state index contributed by atoms with van der Waals surface area (Å²) >= 11 is 0. The van der Waals surface area contributed by atoms with Gasteiger partial charge in [-0.25, -0.2) is 0 Å². The van der Waals surface area contributed by atoms with Gasteiger partial charge in [0.15, 0.2) is 0 Å². The van der Waals surface area contributed by atoms with E-state index in [2.05, 4.69) is 19.2 Å². The van der Waals surface area contributed by atoms with E-state index in [0.29, 0.717) is 19.1 Å². The summed E-state index contributed by atoms with van der Waals surface area (Å²) in [5.74, 6) is 0.413. The highest BCUT2D eigenvalue weighted by molar-refractivity contribution is 4.68. The Bertz CT molecular complexity index is 162. The molecular formula is C13H29NO2. The Morgan fingerprint density at radius 2 is 1.75 bits per heavy atom. The summed E-state index contributed by atoms with van der Waals surface area (Å²) in [6.45, 7) is 12.6. The second-order valence-corrected chi connectivity index (χ2v) is 5.31. The highest BCUT2D eigenvalue weighted by Gasteiger charge is 2.14. The fraction of sp³-hybridized carbons (Fsp3) is 1.00. The zero-order valence-corrected chi connectivity index (χ0v) is 11.5. The van der Waals surface area contributed by atoms with Crippen LogP contribution in [0.4, 0.5) is 0 Å². The topological polar surface area (TPSA) is 41.5 Å². The quantitative estimate of drug-likeness (QED) is 0.629. The van der Waals surface area contributed by atoms with Crippen molar-refractivity contribution < 1.29 is 9.84 Å². The number of ether oxygens (including phenoxy) is 1. The number of rotatable bonds is 8. The smallest absolute Gasteiger partial charge is 0.0692 e. The Morgan fingerprint density at radius 1 is 1.19 bits per heavy atom. The van der Waals surface area contributed by atoms with Gasteiger partial charge in [0.2, 0.25) is 0 Å². The van der Waals surface area contributed by atoms with Crippen LogP contribution in [0, 0.1) is 5.92 Å². The van der Waals surface area contributed by atoms with E-state index in [0.717, 1.165) is 19.4 Å². The number of aliphatic hydroxyl groups is 1. The van der Waals surface area contributed by atoms with Crippen LogP contribution >= 0.6 is 0 Å². The first-order valence-corrected chi connectivity index (χ1v) is 6.43. The van der Waals surface area contributed by atoms with Crippen LogP contribution in [0.25, 0.3) is 0 Å². The normalized spacial score (nSPS) is 14.4. The van der Waals surface area contributed by atoms with Crippen molar-refractivity contribution in [3.63, 3.8) is 0 Å². The molecule has 0 aliphatic rings. The molecule has 1 unspecified atom stereocenters. The summed E-state index contributed by atoms with van der Waals surface area (Å²) < 4.78 is 5.58. The molecule has 98 valence electrons. The van der Waals surface area contributed by atoms with Crippen LogP contribution < -0.4 is 5.32 Å². The van der Waals surface area contributed by atoms with Gasteiger partial charge in [0.05, 0.1) is 18.3 Å². The predicted molar refractivity (Wildman–Crippen MR) is 68.7 cm³/mol.